The van der Waals surface area contributed by atoms with Crippen LogP contribution in [0.2, 0.25) is 0 Å². The Morgan fingerprint density at radius 2 is 1.74 bits per heavy atom. The van der Waals surface area contributed by atoms with E-state index in [1.807, 2.05) is 23.1 Å². The van der Waals surface area contributed by atoms with Gasteiger partial charge in [0.05, 0.1) is 19.0 Å². The van der Waals surface area contributed by atoms with Gasteiger partial charge in [0.15, 0.2) is 5.03 Å². The zero-order chi connectivity index (χ0) is 30.1. The second-order valence-corrected chi connectivity index (χ2v) is 12.2. The summed E-state index contributed by atoms with van der Waals surface area (Å²) in [5, 5.41) is 4.19. The van der Waals surface area contributed by atoms with E-state index in [2.05, 4.69) is 10.1 Å². The molecule has 2 aliphatic rings. The van der Waals surface area contributed by atoms with Crippen molar-refractivity contribution in [2.45, 2.75) is 30.4 Å². The van der Waals surface area contributed by atoms with Gasteiger partial charge in [0, 0.05) is 44.9 Å². The fourth-order valence-electron chi connectivity index (χ4n) is 5.61. The van der Waals surface area contributed by atoms with Crippen molar-refractivity contribution in [2.75, 3.05) is 38.2 Å². The Hall–Kier alpha value is -4.36. The molecular formula is C30H29F2N5O5S. The van der Waals surface area contributed by atoms with Crippen molar-refractivity contribution in [1.29, 1.82) is 0 Å². The van der Waals surface area contributed by atoms with Gasteiger partial charge in [-0.05, 0) is 54.3 Å². The van der Waals surface area contributed by atoms with Crippen molar-refractivity contribution in [2.24, 2.45) is 0 Å². The standard InChI is InChI=1S/C30H29F2N5O5S/c1-41-27-6-4-5-20-15-24(8-9-25(20)27)42-29-26(19-34-37(30(29)38)23-17-21(31)16-22(32)18-23)35-11-13-36(14-12-35)43(39,40)28-7-2-3-10-33-28/h2-7,10,16-19,24H,8-9,11-15H2,1H3. The van der Waals surface area contributed by atoms with E-state index in [-0.39, 0.29) is 48.7 Å². The minimum Gasteiger partial charge on any atom is -0.496 e. The summed E-state index contributed by atoms with van der Waals surface area (Å²) in [7, 11) is -2.17. The number of anilines is 1. The first-order valence-electron chi connectivity index (χ1n) is 13.8. The number of halogens is 2. The molecule has 0 saturated carbocycles. The van der Waals surface area contributed by atoms with Crippen molar-refractivity contribution in [1.82, 2.24) is 19.1 Å². The van der Waals surface area contributed by atoms with E-state index in [1.54, 1.807) is 19.2 Å². The number of methoxy groups -OCH3 is 1. The van der Waals surface area contributed by atoms with Gasteiger partial charge in [0.1, 0.15) is 29.2 Å². The molecule has 0 N–H and O–H groups in total. The molecule has 1 aliphatic carbocycles. The third-order valence-electron chi connectivity index (χ3n) is 7.73. The highest BCUT2D eigenvalue weighted by Crippen LogP contribution is 2.33. The molecule has 1 unspecified atom stereocenters. The number of ether oxygens (including phenoxy) is 2. The Labute approximate surface area is 247 Å². The van der Waals surface area contributed by atoms with E-state index in [9.17, 15) is 22.0 Å². The average Bonchev–Trinajstić information content (AvgIpc) is 3.01. The summed E-state index contributed by atoms with van der Waals surface area (Å²) in [5.41, 5.74) is 1.76. The van der Waals surface area contributed by atoms with E-state index >= 15 is 0 Å². The molecule has 1 saturated heterocycles. The van der Waals surface area contributed by atoms with Crippen LogP contribution in [0.5, 0.6) is 11.5 Å². The molecule has 6 rings (SSSR count). The Kier molecular flexibility index (Phi) is 7.84. The summed E-state index contributed by atoms with van der Waals surface area (Å²) in [6.07, 6.45) is 4.30. The summed E-state index contributed by atoms with van der Waals surface area (Å²) >= 11 is 0. The number of benzene rings is 2. The molecule has 1 fully saturated rings. The van der Waals surface area contributed by atoms with Gasteiger partial charge in [-0.1, -0.05) is 18.2 Å². The first-order chi connectivity index (χ1) is 20.7. The lowest BCUT2D eigenvalue weighted by atomic mass is 9.89. The van der Waals surface area contributed by atoms with E-state index in [0.717, 1.165) is 33.7 Å². The number of hydrogen-bond acceptors (Lipinski definition) is 8. The van der Waals surface area contributed by atoms with Crippen molar-refractivity contribution in [3.8, 4) is 17.2 Å². The molecular weight excluding hydrogens is 580 g/mol. The van der Waals surface area contributed by atoms with Crippen LogP contribution in [-0.2, 0) is 22.9 Å². The van der Waals surface area contributed by atoms with Crippen molar-refractivity contribution in [3.63, 3.8) is 0 Å². The lowest BCUT2D eigenvalue weighted by molar-refractivity contribution is 0.180. The highest BCUT2D eigenvalue weighted by Gasteiger charge is 2.32. The molecule has 0 spiro atoms. The summed E-state index contributed by atoms with van der Waals surface area (Å²) in [5.74, 6) is -0.914. The predicted molar refractivity (Wildman–Crippen MR) is 154 cm³/mol. The highest BCUT2D eigenvalue weighted by molar-refractivity contribution is 7.89. The summed E-state index contributed by atoms with van der Waals surface area (Å²) in [4.78, 5) is 19.7. The molecule has 2 aromatic carbocycles. The van der Waals surface area contributed by atoms with E-state index < -0.39 is 27.2 Å². The molecule has 3 heterocycles. The van der Waals surface area contributed by atoms with Crippen LogP contribution in [0.15, 0.2) is 76.8 Å². The van der Waals surface area contributed by atoms with Gasteiger partial charge >= 0.3 is 5.56 Å². The van der Waals surface area contributed by atoms with Gasteiger partial charge in [-0.15, -0.1) is 0 Å². The first kappa shape index (κ1) is 28.7. The highest BCUT2D eigenvalue weighted by atomic mass is 32.2. The number of nitrogens with zero attached hydrogens (tertiary/aromatic N) is 5. The third kappa shape index (κ3) is 5.69. The molecule has 2 aromatic heterocycles. The average molecular weight is 610 g/mol. The number of aromatic nitrogens is 3. The summed E-state index contributed by atoms with van der Waals surface area (Å²) < 4.78 is 68.5. The number of fused-ring (bicyclic) bond motifs is 1. The molecule has 1 atom stereocenters. The minimum absolute atomic E-state index is 0.0166. The number of rotatable bonds is 7. The second kappa shape index (κ2) is 11.7. The van der Waals surface area contributed by atoms with Crippen molar-refractivity contribution < 1.29 is 26.7 Å². The van der Waals surface area contributed by atoms with Crippen LogP contribution in [0, 0.1) is 11.6 Å². The van der Waals surface area contributed by atoms with Gasteiger partial charge in [0.2, 0.25) is 5.75 Å². The van der Waals surface area contributed by atoms with Crippen LogP contribution in [-0.4, -0.2) is 66.9 Å². The van der Waals surface area contributed by atoms with Crippen LogP contribution in [0.25, 0.3) is 5.69 Å². The van der Waals surface area contributed by atoms with Crippen LogP contribution in [0.3, 0.4) is 0 Å². The fourth-order valence-corrected chi connectivity index (χ4v) is 6.96. The van der Waals surface area contributed by atoms with Gasteiger partial charge in [0.25, 0.3) is 10.0 Å². The molecule has 0 bridgehead atoms. The lowest BCUT2D eigenvalue weighted by Crippen LogP contribution is -2.49. The smallest absolute Gasteiger partial charge is 0.316 e. The zero-order valence-electron chi connectivity index (χ0n) is 23.3. The summed E-state index contributed by atoms with van der Waals surface area (Å²) in [6, 6.07) is 13.3. The largest absolute Gasteiger partial charge is 0.496 e. The van der Waals surface area contributed by atoms with Crippen LogP contribution < -0.4 is 19.9 Å². The topological polar surface area (TPSA) is 107 Å². The monoisotopic (exact) mass is 609 g/mol. The third-order valence-corrected chi connectivity index (χ3v) is 9.54. The van der Waals surface area contributed by atoms with Gasteiger partial charge in [-0.25, -0.2) is 22.2 Å². The molecule has 0 amide bonds. The maximum Gasteiger partial charge on any atom is 0.316 e. The lowest BCUT2D eigenvalue weighted by Gasteiger charge is -2.36. The summed E-state index contributed by atoms with van der Waals surface area (Å²) in [6.45, 7) is 0.806. The fraction of sp³-hybridized carbons (Fsp3) is 0.300. The minimum atomic E-state index is -3.79. The van der Waals surface area contributed by atoms with E-state index in [1.165, 1.54) is 22.8 Å². The molecule has 43 heavy (non-hydrogen) atoms. The van der Waals surface area contributed by atoms with Crippen molar-refractivity contribution in [3.05, 3.63) is 100 Å². The van der Waals surface area contributed by atoms with Gasteiger partial charge in [-0.3, -0.25) is 4.79 Å². The Bertz CT molecular complexity index is 1790. The number of sulfonamides is 1. The normalized spacial score (nSPS) is 17.4. The number of piperazine rings is 1. The SMILES string of the molecule is COc1cccc2c1CCC(Oc1c(N3CCN(S(=O)(=O)c4ccccn4)CC3)cnn(-c3cc(F)cc(F)c3)c1=O)C2. The van der Waals surface area contributed by atoms with Crippen LogP contribution >= 0.6 is 0 Å². The second-order valence-electron chi connectivity index (χ2n) is 10.3. The molecule has 13 heteroatoms. The number of hydrogen-bond donors (Lipinski definition) is 0. The number of pyridine rings is 1. The van der Waals surface area contributed by atoms with Gasteiger partial charge < -0.3 is 14.4 Å². The Morgan fingerprint density at radius 1 is 0.977 bits per heavy atom. The maximum atomic E-state index is 14.1. The Balaban J connectivity index is 1.32. The predicted octanol–water partition coefficient (Wildman–Crippen LogP) is 3.36. The van der Waals surface area contributed by atoms with Gasteiger partial charge in [-0.2, -0.15) is 14.1 Å². The molecule has 1 aliphatic heterocycles. The van der Waals surface area contributed by atoms with E-state index in [4.69, 9.17) is 9.47 Å². The molecule has 0 radical (unpaired) electrons. The molecule has 10 nitrogen and oxygen atoms in total. The van der Waals surface area contributed by atoms with E-state index in [0.29, 0.717) is 31.0 Å². The van der Waals surface area contributed by atoms with Crippen LogP contribution in [0.1, 0.15) is 17.5 Å². The molecule has 224 valence electrons. The Morgan fingerprint density at radius 3 is 2.44 bits per heavy atom. The van der Waals surface area contributed by atoms with Crippen LogP contribution in [0.4, 0.5) is 14.5 Å². The zero-order valence-corrected chi connectivity index (χ0v) is 24.1. The first-order valence-corrected chi connectivity index (χ1v) is 15.2. The van der Waals surface area contributed by atoms with Crippen molar-refractivity contribution >= 4 is 15.7 Å². The quantitative estimate of drug-likeness (QED) is 0.314. The molecule has 4 aromatic rings. The maximum absolute atomic E-state index is 14.1.